The van der Waals surface area contributed by atoms with E-state index in [0.29, 0.717) is 0 Å². The first-order valence-corrected chi connectivity index (χ1v) is 8.31. The fourth-order valence-electron chi connectivity index (χ4n) is 2.68. The van der Waals surface area contributed by atoms with Gasteiger partial charge in [-0.15, -0.1) is 0 Å². The van der Waals surface area contributed by atoms with E-state index in [1.807, 2.05) is 73.1 Å². The minimum atomic E-state index is -0.133. The lowest BCUT2D eigenvalue weighted by Crippen LogP contribution is -2.18. The summed E-state index contributed by atoms with van der Waals surface area (Å²) in [6.07, 6.45) is 1.91. The van der Waals surface area contributed by atoms with E-state index in [9.17, 15) is 4.79 Å². The van der Waals surface area contributed by atoms with Crippen LogP contribution in [-0.4, -0.2) is 19.4 Å². The van der Waals surface area contributed by atoms with E-state index in [4.69, 9.17) is 5.10 Å². The molecule has 0 spiro atoms. The van der Waals surface area contributed by atoms with Crippen molar-refractivity contribution in [2.45, 2.75) is 13.8 Å². The lowest BCUT2D eigenvalue weighted by Gasteiger charge is -2.04. The van der Waals surface area contributed by atoms with Crippen LogP contribution in [0.3, 0.4) is 0 Å². The summed E-state index contributed by atoms with van der Waals surface area (Å²) in [4.78, 5) is 11.6. The number of aromatic nitrogens is 4. The molecule has 5 heteroatoms. The summed E-state index contributed by atoms with van der Waals surface area (Å²) in [5.41, 5.74) is 4.34. The normalized spacial score (nSPS) is 10.4. The van der Waals surface area contributed by atoms with Crippen molar-refractivity contribution in [2.24, 2.45) is 7.05 Å². The van der Waals surface area contributed by atoms with Crippen LogP contribution in [0.2, 0.25) is 0 Å². The number of hydrogen-bond donors (Lipinski definition) is 0. The van der Waals surface area contributed by atoms with E-state index >= 15 is 0 Å². The Morgan fingerprint density at radius 1 is 0.840 bits per heavy atom. The van der Waals surface area contributed by atoms with Gasteiger partial charge in [0, 0.05) is 24.9 Å². The van der Waals surface area contributed by atoms with Gasteiger partial charge in [0.2, 0.25) is 0 Å². The van der Waals surface area contributed by atoms with Gasteiger partial charge >= 0.3 is 0 Å². The minimum Gasteiger partial charge on any atom is -0.268 e. The second kappa shape index (κ2) is 7.13. The number of hydrogen-bond acceptors (Lipinski definition) is 3. The first-order chi connectivity index (χ1) is 12.2. The molecule has 126 valence electrons. The molecule has 4 aromatic rings. The molecule has 0 saturated heterocycles. The van der Waals surface area contributed by atoms with Crippen molar-refractivity contribution in [2.75, 3.05) is 0 Å². The third-order valence-corrected chi connectivity index (χ3v) is 3.80. The molecule has 0 saturated carbocycles. The first-order valence-electron chi connectivity index (χ1n) is 8.31. The van der Waals surface area contributed by atoms with Crippen LogP contribution in [0, 0.1) is 0 Å². The maximum atomic E-state index is 11.6. The van der Waals surface area contributed by atoms with Crippen LogP contribution in [0.25, 0.3) is 28.0 Å². The van der Waals surface area contributed by atoms with Gasteiger partial charge in [-0.05, 0) is 18.2 Å². The number of benzene rings is 1. The molecule has 0 amide bonds. The van der Waals surface area contributed by atoms with Crippen molar-refractivity contribution >= 4 is 5.52 Å². The molecular formula is C20H20N4O. The van der Waals surface area contributed by atoms with Gasteiger partial charge in [-0.25, -0.2) is 9.20 Å². The molecule has 0 N–H and O–H groups in total. The fourth-order valence-corrected chi connectivity index (χ4v) is 2.68. The molecule has 0 aliphatic rings. The van der Waals surface area contributed by atoms with Gasteiger partial charge in [0.05, 0.1) is 16.8 Å². The molecule has 0 bridgehead atoms. The van der Waals surface area contributed by atoms with E-state index in [2.05, 4.69) is 5.10 Å². The second-order valence-electron chi connectivity index (χ2n) is 5.30. The highest BCUT2D eigenvalue weighted by atomic mass is 16.1. The second-order valence-corrected chi connectivity index (χ2v) is 5.30. The summed E-state index contributed by atoms with van der Waals surface area (Å²) in [6, 6.07) is 19.2. The molecule has 25 heavy (non-hydrogen) atoms. The van der Waals surface area contributed by atoms with E-state index in [0.717, 1.165) is 28.0 Å². The molecule has 1 aromatic carbocycles. The Bertz CT molecular complexity index is 1050. The Labute approximate surface area is 146 Å². The molecular weight excluding hydrogens is 312 g/mol. The van der Waals surface area contributed by atoms with Gasteiger partial charge in [-0.2, -0.15) is 10.2 Å². The van der Waals surface area contributed by atoms with Gasteiger partial charge in [-0.3, -0.25) is 4.79 Å². The lowest BCUT2D eigenvalue weighted by molar-refractivity contribution is 0.712. The van der Waals surface area contributed by atoms with Crippen molar-refractivity contribution in [3.05, 3.63) is 77.2 Å². The van der Waals surface area contributed by atoms with Crippen LogP contribution in [0.4, 0.5) is 0 Å². The summed E-state index contributed by atoms with van der Waals surface area (Å²) in [7, 11) is 1.65. The minimum absolute atomic E-state index is 0.133. The van der Waals surface area contributed by atoms with Crippen molar-refractivity contribution in [3.63, 3.8) is 0 Å². The number of nitrogens with zero attached hydrogens (tertiary/aromatic N) is 4. The highest BCUT2D eigenvalue weighted by Gasteiger charge is 2.17. The zero-order valence-corrected chi connectivity index (χ0v) is 14.5. The topological polar surface area (TPSA) is 52.2 Å². The number of pyridine rings is 1. The largest absolute Gasteiger partial charge is 0.268 e. The van der Waals surface area contributed by atoms with E-state index < -0.39 is 0 Å². The van der Waals surface area contributed by atoms with Gasteiger partial charge in [-0.1, -0.05) is 50.2 Å². The Morgan fingerprint density at radius 2 is 1.56 bits per heavy atom. The van der Waals surface area contributed by atoms with Gasteiger partial charge in [0.25, 0.3) is 5.56 Å². The highest BCUT2D eigenvalue weighted by Crippen LogP contribution is 2.33. The van der Waals surface area contributed by atoms with E-state index in [-0.39, 0.29) is 5.56 Å². The number of aryl methyl sites for hydroxylation is 1. The monoisotopic (exact) mass is 332 g/mol. The zero-order chi connectivity index (χ0) is 17.8. The van der Waals surface area contributed by atoms with Crippen LogP contribution < -0.4 is 5.56 Å². The molecule has 5 nitrogen and oxygen atoms in total. The van der Waals surface area contributed by atoms with Crippen molar-refractivity contribution in [3.8, 4) is 22.5 Å². The molecule has 0 unspecified atom stereocenters. The highest BCUT2D eigenvalue weighted by molar-refractivity contribution is 5.90. The van der Waals surface area contributed by atoms with Crippen LogP contribution in [0.5, 0.6) is 0 Å². The predicted molar refractivity (Wildman–Crippen MR) is 100 cm³/mol. The quantitative estimate of drug-likeness (QED) is 0.561. The van der Waals surface area contributed by atoms with E-state index in [1.54, 1.807) is 13.1 Å². The summed E-state index contributed by atoms with van der Waals surface area (Å²) >= 11 is 0. The van der Waals surface area contributed by atoms with Crippen molar-refractivity contribution < 1.29 is 0 Å². The molecule has 0 aliphatic carbocycles. The summed E-state index contributed by atoms with van der Waals surface area (Å²) in [6.45, 7) is 4.00. The van der Waals surface area contributed by atoms with Crippen LogP contribution >= 0.6 is 0 Å². The summed E-state index contributed by atoms with van der Waals surface area (Å²) in [5, 5.41) is 9.10. The van der Waals surface area contributed by atoms with E-state index in [1.165, 1.54) is 10.7 Å². The third-order valence-electron chi connectivity index (χ3n) is 3.80. The standard InChI is InChI=1S/C18H14N4O.C2H6/c1-21-16(23)11-10-14(19-21)17-15-9-5-6-12-22(15)20-18(17)13-7-3-2-4-8-13;1-2/h2-12H,1H3;1-2H3. The third kappa shape index (κ3) is 3.08. The molecule has 4 rings (SSSR count). The molecule has 0 aliphatic heterocycles. The lowest BCUT2D eigenvalue weighted by atomic mass is 10.0. The zero-order valence-electron chi connectivity index (χ0n) is 14.5. The van der Waals surface area contributed by atoms with Gasteiger partial charge in [0.1, 0.15) is 5.69 Å². The average molecular weight is 332 g/mol. The Balaban J connectivity index is 0.000000880. The average Bonchev–Trinajstić information content (AvgIpc) is 3.06. The van der Waals surface area contributed by atoms with Gasteiger partial charge < -0.3 is 0 Å². The first kappa shape index (κ1) is 16.6. The van der Waals surface area contributed by atoms with Gasteiger partial charge in [0.15, 0.2) is 0 Å². The Morgan fingerprint density at radius 3 is 2.28 bits per heavy atom. The number of rotatable bonds is 2. The smallest absolute Gasteiger partial charge is 0.266 e. The summed E-state index contributed by atoms with van der Waals surface area (Å²) in [5.74, 6) is 0. The summed E-state index contributed by atoms with van der Waals surface area (Å²) < 4.78 is 3.18. The maximum Gasteiger partial charge on any atom is 0.266 e. The molecule has 0 atom stereocenters. The number of fused-ring (bicyclic) bond motifs is 1. The molecule has 0 radical (unpaired) electrons. The van der Waals surface area contributed by atoms with Crippen LogP contribution in [0.1, 0.15) is 13.8 Å². The fraction of sp³-hybridized carbons (Fsp3) is 0.150. The molecule has 0 fully saturated rings. The Kier molecular flexibility index (Phi) is 4.75. The molecule has 3 heterocycles. The van der Waals surface area contributed by atoms with Crippen LogP contribution in [-0.2, 0) is 7.05 Å². The van der Waals surface area contributed by atoms with Crippen LogP contribution in [0.15, 0.2) is 71.7 Å². The Hall–Kier alpha value is -3.21. The molecule has 3 aromatic heterocycles. The van der Waals surface area contributed by atoms with Crippen molar-refractivity contribution in [1.82, 2.24) is 19.4 Å². The van der Waals surface area contributed by atoms with Crippen molar-refractivity contribution in [1.29, 1.82) is 0 Å². The predicted octanol–water partition coefficient (Wildman–Crippen LogP) is 3.79. The SMILES string of the molecule is CC.Cn1nc(-c2c(-c3ccccc3)nn3ccccc23)ccc1=O. The maximum absolute atomic E-state index is 11.6.